The second-order valence-electron chi connectivity index (χ2n) is 10.7. The van der Waals surface area contributed by atoms with Gasteiger partial charge in [-0.15, -0.1) is 0 Å². The van der Waals surface area contributed by atoms with Crippen molar-refractivity contribution in [3.05, 3.63) is 113 Å². The molecule has 0 N–H and O–H groups in total. The molecule has 0 unspecified atom stereocenters. The number of carbonyl (C=O) groups is 1. The highest BCUT2D eigenvalue weighted by atomic mass is 19.1. The fourth-order valence-electron chi connectivity index (χ4n) is 5.58. The van der Waals surface area contributed by atoms with E-state index >= 15 is 0 Å². The molecule has 1 aliphatic rings. The van der Waals surface area contributed by atoms with E-state index in [4.69, 9.17) is 9.72 Å². The van der Waals surface area contributed by atoms with Crippen LogP contribution in [0.5, 0.6) is 5.75 Å². The number of benzene rings is 3. The fraction of sp³-hybridized carbons (Fsp3) is 0.235. The molecule has 1 fully saturated rings. The zero-order valence-electron chi connectivity index (χ0n) is 23.6. The van der Waals surface area contributed by atoms with E-state index in [-0.39, 0.29) is 11.5 Å². The lowest BCUT2D eigenvalue weighted by Gasteiger charge is -2.34. The smallest absolute Gasteiger partial charge is 0.256 e. The van der Waals surface area contributed by atoms with Gasteiger partial charge in [0.25, 0.3) is 5.91 Å². The number of hydrogen-bond acceptors (Lipinski definition) is 4. The largest absolute Gasteiger partial charge is 0.497 e. The number of hydrogen-bond donors (Lipinski definition) is 0. The van der Waals surface area contributed by atoms with E-state index in [9.17, 15) is 9.18 Å². The van der Waals surface area contributed by atoms with Crippen LogP contribution in [-0.4, -0.2) is 58.4 Å². The molecular formula is C34H33FN4O2. The van der Waals surface area contributed by atoms with Crippen LogP contribution in [0.4, 0.5) is 4.39 Å². The van der Waals surface area contributed by atoms with Crippen LogP contribution in [0.3, 0.4) is 0 Å². The summed E-state index contributed by atoms with van der Waals surface area (Å²) in [6.07, 6.45) is 2.18. The first kappa shape index (κ1) is 26.7. The average Bonchev–Trinajstić information content (AvgIpc) is 3.36. The molecule has 3 heterocycles. The van der Waals surface area contributed by atoms with Crippen molar-refractivity contribution in [2.75, 3.05) is 33.3 Å². The van der Waals surface area contributed by atoms with E-state index in [0.717, 1.165) is 33.9 Å². The standard InChI is InChI=1S/C34H33FN4O2/c1-23-11-12-24(2)29(19-23)26-13-14-32-36-33(25-7-6-8-27(20-25)41-3)31(39(32)21-26)22-37-15-17-38(18-16-37)34(40)28-9-4-5-10-30(28)35/h4-14,19-21H,15-18,22H2,1-3H3. The molecule has 208 valence electrons. The first-order chi connectivity index (χ1) is 19.9. The van der Waals surface area contributed by atoms with Crippen LogP contribution in [0.15, 0.2) is 85.1 Å². The number of ether oxygens (including phenoxy) is 1. The molecular weight excluding hydrogens is 515 g/mol. The molecule has 6 nitrogen and oxygen atoms in total. The van der Waals surface area contributed by atoms with E-state index in [1.165, 1.54) is 22.8 Å². The summed E-state index contributed by atoms with van der Waals surface area (Å²) in [5.74, 6) is 0.0443. The number of aromatic nitrogens is 2. The summed E-state index contributed by atoms with van der Waals surface area (Å²) in [5.41, 5.74) is 8.76. The molecule has 0 radical (unpaired) electrons. The highest BCUT2D eigenvalue weighted by Crippen LogP contribution is 2.31. The number of carbonyl (C=O) groups excluding carboxylic acids is 1. The fourth-order valence-corrected chi connectivity index (χ4v) is 5.58. The molecule has 0 atom stereocenters. The third kappa shape index (κ3) is 5.33. The van der Waals surface area contributed by atoms with Crippen LogP contribution in [-0.2, 0) is 6.54 Å². The zero-order valence-corrected chi connectivity index (χ0v) is 23.6. The Balaban J connectivity index is 1.34. The summed E-state index contributed by atoms with van der Waals surface area (Å²) in [6.45, 7) is 7.34. The number of amides is 1. The number of methoxy groups -OCH3 is 1. The minimum absolute atomic E-state index is 0.127. The quantitative estimate of drug-likeness (QED) is 0.247. The van der Waals surface area contributed by atoms with Gasteiger partial charge in [-0.05, 0) is 66.9 Å². The van der Waals surface area contributed by atoms with Crippen LogP contribution in [0.1, 0.15) is 27.2 Å². The summed E-state index contributed by atoms with van der Waals surface area (Å²) in [4.78, 5) is 22.1. The summed E-state index contributed by atoms with van der Waals surface area (Å²) >= 11 is 0. The molecule has 0 bridgehead atoms. The molecule has 0 saturated carbocycles. The van der Waals surface area contributed by atoms with Crippen LogP contribution in [0.25, 0.3) is 28.0 Å². The van der Waals surface area contributed by atoms with E-state index in [2.05, 4.69) is 65.7 Å². The normalized spacial score (nSPS) is 14.0. The van der Waals surface area contributed by atoms with E-state index in [0.29, 0.717) is 32.7 Å². The van der Waals surface area contributed by atoms with Crippen molar-refractivity contribution < 1.29 is 13.9 Å². The van der Waals surface area contributed by atoms with Crippen molar-refractivity contribution in [1.29, 1.82) is 0 Å². The van der Waals surface area contributed by atoms with Crippen LogP contribution >= 0.6 is 0 Å². The molecule has 3 aromatic carbocycles. The Morgan fingerprint density at radius 1 is 0.902 bits per heavy atom. The molecule has 1 amide bonds. The topological polar surface area (TPSA) is 50.1 Å². The molecule has 2 aromatic heterocycles. The number of fused-ring (bicyclic) bond motifs is 1. The molecule has 6 rings (SSSR count). The highest BCUT2D eigenvalue weighted by Gasteiger charge is 2.26. The second kappa shape index (κ2) is 11.2. The lowest BCUT2D eigenvalue weighted by molar-refractivity contribution is 0.0622. The molecule has 1 aliphatic heterocycles. The molecule has 5 aromatic rings. The Morgan fingerprint density at radius 2 is 1.71 bits per heavy atom. The van der Waals surface area contributed by atoms with E-state index in [1.54, 1.807) is 30.2 Å². The number of rotatable bonds is 6. The second-order valence-corrected chi connectivity index (χ2v) is 10.7. The summed E-state index contributed by atoms with van der Waals surface area (Å²) < 4.78 is 22.0. The summed E-state index contributed by atoms with van der Waals surface area (Å²) in [7, 11) is 1.67. The third-order valence-corrected chi connectivity index (χ3v) is 7.90. The van der Waals surface area contributed by atoms with Gasteiger partial charge in [0.15, 0.2) is 0 Å². The SMILES string of the molecule is COc1cccc(-c2nc3ccc(-c4cc(C)ccc4C)cn3c2CN2CCN(C(=O)c3ccccc3F)CC2)c1. The summed E-state index contributed by atoms with van der Waals surface area (Å²) in [5, 5.41) is 0. The van der Waals surface area contributed by atoms with Gasteiger partial charge in [-0.3, -0.25) is 9.69 Å². The van der Waals surface area contributed by atoms with Crippen molar-refractivity contribution in [2.24, 2.45) is 0 Å². The number of imidazole rings is 1. The minimum atomic E-state index is -0.478. The molecule has 0 aliphatic carbocycles. The van der Waals surface area contributed by atoms with E-state index in [1.807, 2.05) is 18.2 Å². The monoisotopic (exact) mass is 548 g/mol. The van der Waals surface area contributed by atoms with Gasteiger partial charge in [0.1, 0.15) is 17.2 Å². The molecule has 7 heteroatoms. The number of aryl methyl sites for hydroxylation is 2. The summed E-state index contributed by atoms with van der Waals surface area (Å²) in [6, 6.07) is 24.9. The lowest BCUT2D eigenvalue weighted by atomic mass is 10.00. The lowest BCUT2D eigenvalue weighted by Crippen LogP contribution is -2.48. The minimum Gasteiger partial charge on any atom is -0.497 e. The van der Waals surface area contributed by atoms with Gasteiger partial charge in [-0.25, -0.2) is 9.37 Å². The Hall–Kier alpha value is -4.49. The Labute approximate surface area is 239 Å². The highest BCUT2D eigenvalue weighted by molar-refractivity contribution is 5.94. The first-order valence-corrected chi connectivity index (χ1v) is 13.9. The average molecular weight is 549 g/mol. The van der Waals surface area contributed by atoms with Gasteiger partial charge >= 0.3 is 0 Å². The van der Waals surface area contributed by atoms with Crippen LogP contribution in [0, 0.1) is 19.7 Å². The van der Waals surface area contributed by atoms with Crippen molar-refractivity contribution in [3.63, 3.8) is 0 Å². The number of nitrogens with zero attached hydrogens (tertiary/aromatic N) is 4. The third-order valence-electron chi connectivity index (χ3n) is 7.90. The molecule has 41 heavy (non-hydrogen) atoms. The van der Waals surface area contributed by atoms with Gasteiger partial charge < -0.3 is 14.0 Å². The zero-order chi connectivity index (χ0) is 28.5. The Morgan fingerprint density at radius 3 is 2.49 bits per heavy atom. The van der Waals surface area contributed by atoms with Gasteiger partial charge in [-0.2, -0.15) is 0 Å². The maximum atomic E-state index is 14.3. The first-order valence-electron chi connectivity index (χ1n) is 13.9. The number of pyridine rings is 1. The Bertz CT molecular complexity index is 1740. The van der Waals surface area contributed by atoms with Crippen molar-refractivity contribution in [3.8, 4) is 28.1 Å². The predicted octanol–water partition coefficient (Wildman–Crippen LogP) is 6.39. The van der Waals surface area contributed by atoms with Crippen molar-refractivity contribution in [1.82, 2.24) is 19.2 Å². The predicted molar refractivity (Wildman–Crippen MR) is 160 cm³/mol. The van der Waals surface area contributed by atoms with Crippen LogP contribution in [0.2, 0.25) is 0 Å². The number of halogens is 1. The van der Waals surface area contributed by atoms with E-state index < -0.39 is 5.82 Å². The van der Waals surface area contributed by atoms with Gasteiger partial charge in [0, 0.05) is 44.5 Å². The van der Waals surface area contributed by atoms with Gasteiger partial charge in [0.2, 0.25) is 0 Å². The molecule has 1 saturated heterocycles. The van der Waals surface area contributed by atoms with Crippen molar-refractivity contribution in [2.45, 2.75) is 20.4 Å². The number of piperazine rings is 1. The maximum Gasteiger partial charge on any atom is 0.256 e. The Kier molecular flexibility index (Phi) is 7.28. The van der Waals surface area contributed by atoms with Gasteiger partial charge in [-0.1, -0.05) is 48.0 Å². The molecule has 0 spiro atoms. The van der Waals surface area contributed by atoms with Gasteiger partial charge in [0.05, 0.1) is 24.1 Å². The van der Waals surface area contributed by atoms with Crippen LogP contribution < -0.4 is 4.74 Å². The maximum absolute atomic E-state index is 14.3. The van der Waals surface area contributed by atoms with Crippen molar-refractivity contribution >= 4 is 11.6 Å².